The number of hydrogen-bond donors (Lipinski definition) is 1. The molecule has 0 radical (unpaired) electrons. The summed E-state index contributed by atoms with van der Waals surface area (Å²) in [6.45, 7) is 3.15. The van der Waals surface area contributed by atoms with Crippen LogP contribution in [-0.2, 0) is 10.0 Å². The van der Waals surface area contributed by atoms with Crippen molar-refractivity contribution in [1.29, 1.82) is 0 Å². The molecule has 1 N–H and O–H groups in total. The molecular formula is C19H30N2O3S. The molecule has 1 saturated heterocycles. The highest BCUT2D eigenvalue weighted by molar-refractivity contribution is 7.89. The molecule has 1 aliphatic heterocycles. The van der Waals surface area contributed by atoms with Gasteiger partial charge in [-0.15, -0.1) is 0 Å². The maximum Gasteiger partial charge on any atom is 0.244 e. The van der Waals surface area contributed by atoms with Gasteiger partial charge in [0.2, 0.25) is 10.0 Å². The zero-order chi connectivity index (χ0) is 17.7. The predicted molar refractivity (Wildman–Crippen MR) is 99.4 cm³/mol. The van der Waals surface area contributed by atoms with Gasteiger partial charge in [-0.3, -0.25) is 0 Å². The number of benzene rings is 1. The van der Waals surface area contributed by atoms with Crippen molar-refractivity contribution in [2.75, 3.05) is 26.7 Å². The first-order valence-corrected chi connectivity index (χ1v) is 10.9. The Balaban J connectivity index is 1.52. The number of para-hydroxylation sites is 1. The van der Waals surface area contributed by atoms with Crippen LogP contribution in [0.2, 0.25) is 0 Å². The molecule has 2 fully saturated rings. The van der Waals surface area contributed by atoms with Gasteiger partial charge in [0.05, 0.1) is 7.11 Å². The number of hydrogen-bond acceptors (Lipinski definition) is 4. The fourth-order valence-corrected chi connectivity index (χ4v) is 5.57. The summed E-state index contributed by atoms with van der Waals surface area (Å²) in [5, 5.41) is 0. The van der Waals surface area contributed by atoms with Crippen LogP contribution >= 0.6 is 0 Å². The van der Waals surface area contributed by atoms with E-state index in [1.54, 1.807) is 24.3 Å². The van der Waals surface area contributed by atoms with Crippen molar-refractivity contribution in [2.45, 2.75) is 55.9 Å². The van der Waals surface area contributed by atoms with E-state index in [0.717, 1.165) is 31.8 Å². The van der Waals surface area contributed by atoms with Gasteiger partial charge in [-0.05, 0) is 56.8 Å². The molecule has 0 unspecified atom stereocenters. The number of sulfonamides is 1. The third kappa shape index (κ3) is 4.96. The number of nitrogens with one attached hydrogen (secondary N) is 1. The molecule has 140 valence electrons. The lowest BCUT2D eigenvalue weighted by atomic mass is 9.88. The normalized spacial score (nSPS) is 21.3. The first kappa shape index (κ1) is 18.7. The second kappa shape index (κ2) is 8.52. The van der Waals surface area contributed by atoms with Gasteiger partial charge in [0.15, 0.2) is 0 Å². The van der Waals surface area contributed by atoms with Gasteiger partial charge in [0, 0.05) is 12.6 Å². The van der Waals surface area contributed by atoms with Crippen LogP contribution in [0.25, 0.3) is 0 Å². The van der Waals surface area contributed by atoms with E-state index < -0.39 is 10.0 Å². The standard InChI is InChI=1S/C19H30N2O3S/c1-24-18-9-5-6-10-19(18)25(22,23)20-17-11-13-21(14-12-17)15-16-7-3-2-4-8-16/h5-6,9-10,16-17,20H,2-4,7-8,11-15H2,1H3. The summed E-state index contributed by atoms with van der Waals surface area (Å²) in [6, 6.07) is 6.80. The molecule has 2 aliphatic rings. The number of piperidine rings is 1. The predicted octanol–water partition coefficient (Wildman–Crippen LogP) is 3.02. The highest BCUT2D eigenvalue weighted by atomic mass is 32.2. The van der Waals surface area contributed by atoms with Crippen molar-refractivity contribution in [1.82, 2.24) is 9.62 Å². The average molecular weight is 367 g/mol. The lowest BCUT2D eigenvalue weighted by molar-refractivity contribution is 0.161. The van der Waals surface area contributed by atoms with Crippen LogP contribution in [-0.4, -0.2) is 46.1 Å². The average Bonchev–Trinajstić information content (AvgIpc) is 2.64. The lowest BCUT2D eigenvalue weighted by Crippen LogP contribution is -2.45. The maximum absolute atomic E-state index is 12.7. The van der Waals surface area contributed by atoms with E-state index in [9.17, 15) is 8.42 Å². The zero-order valence-electron chi connectivity index (χ0n) is 15.1. The largest absolute Gasteiger partial charge is 0.495 e. The van der Waals surface area contributed by atoms with E-state index in [4.69, 9.17) is 4.74 Å². The van der Waals surface area contributed by atoms with Crippen LogP contribution in [0.5, 0.6) is 5.75 Å². The van der Waals surface area contributed by atoms with Crippen molar-refractivity contribution < 1.29 is 13.2 Å². The number of rotatable bonds is 6. The van der Waals surface area contributed by atoms with Crippen molar-refractivity contribution >= 4 is 10.0 Å². The summed E-state index contributed by atoms with van der Waals surface area (Å²) in [5.41, 5.74) is 0. The Labute approximate surface area is 151 Å². The molecule has 1 saturated carbocycles. The Morgan fingerprint density at radius 1 is 1.08 bits per heavy atom. The third-order valence-electron chi connectivity index (χ3n) is 5.51. The molecule has 0 bridgehead atoms. The van der Waals surface area contributed by atoms with Crippen molar-refractivity contribution in [2.24, 2.45) is 5.92 Å². The van der Waals surface area contributed by atoms with Crippen LogP contribution in [0.3, 0.4) is 0 Å². The molecule has 0 aromatic heterocycles. The molecule has 1 aromatic rings. The molecule has 1 aromatic carbocycles. The second-order valence-electron chi connectivity index (χ2n) is 7.35. The van der Waals surface area contributed by atoms with Gasteiger partial charge in [0.1, 0.15) is 10.6 Å². The minimum Gasteiger partial charge on any atom is -0.495 e. The van der Waals surface area contributed by atoms with E-state index in [-0.39, 0.29) is 10.9 Å². The fourth-order valence-electron chi connectivity index (χ4n) is 4.09. The molecule has 0 atom stereocenters. The quantitative estimate of drug-likeness (QED) is 0.841. The van der Waals surface area contributed by atoms with E-state index in [1.165, 1.54) is 45.8 Å². The van der Waals surface area contributed by atoms with E-state index in [1.807, 2.05) is 0 Å². The second-order valence-corrected chi connectivity index (χ2v) is 9.03. The van der Waals surface area contributed by atoms with E-state index in [2.05, 4.69) is 9.62 Å². The highest BCUT2D eigenvalue weighted by Crippen LogP contribution is 2.26. The molecule has 6 heteroatoms. The molecule has 0 spiro atoms. The number of methoxy groups -OCH3 is 1. The van der Waals surface area contributed by atoms with Crippen LogP contribution in [0.1, 0.15) is 44.9 Å². The summed E-state index contributed by atoms with van der Waals surface area (Å²) in [7, 11) is -2.04. The zero-order valence-corrected chi connectivity index (χ0v) is 15.9. The van der Waals surface area contributed by atoms with E-state index >= 15 is 0 Å². The van der Waals surface area contributed by atoms with Crippen LogP contribution in [0.15, 0.2) is 29.2 Å². The van der Waals surface area contributed by atoms with Gasteiger partial charge in [-0.2, -0.15) is 0 Å². The monoisotopic (exact) mass is 366 g/mol. The molecule has 0 amide bonds. The SMILES string of the molecule is COc1ccccc1S(=O)(=O)NC1CCN(CC2CCCCC2)CC1. The van der Waals surface area contributed by atoms with Crippen molar-refractivity contribution in [3.8, 4) is 5.75 Å². The summed E-state index contributed by atoms with van der Waals surface area (Å²) < 4.78 is 33.4. The lowest BCUT2D eigenvalue weighted by Gasteiger charge is -2.35. The summed E-state index contributed by atoms with van der Waals surface area (Å²) in [4.78, 5) is 2.74. The summed E-state index contributed by atoms with van der Waals surface area (Å²) in [6.07, 6.45) is 8.62. The Bertz CT molecular complexity index is 648. The van der Waals surface area contributed by atoms with Gasteiger partial charge < -0.3 is 9.64 Å². The molecule has 1 aliphatic carbocycles. The van der Waals surface area contributed by atoms with Crippen molar-refractivity contribution in [3.05, 3.63) is 24.3 Å². The Hall–Kier alpha value is -1.11. The number of nitrogens with zero attached hydrogens (tertiary/aromatic N) is 1. The minimum atomic E-state index is -3.54. The first-order chi connectivity index (χ1) is 12.1. The number of likely N-dealkylation sites (tertiary alicyclic amines) is 1. The number of ether oxygens (including phenoxy) is 1. The van der Waals surface area contributed by atoms with Gasteiger partial charge in [-0.25, -0.2) is 13.1 Å². The van der Waals surface area contributed by atoms with Gasteiger partial charge in [-0.1, -0.05) is 31.4 Å². The summed E-state index contributed by atoms with van der Waals surface area (Å²) >= 11 is 0. The molecular weight excluding hydrogens is 336 g/mol. The fraction of sp³-hybridized carbons (Fsp3) is 0.684. The topological polar surface area (TPSA) is 58.6 Å². The van der Waals surface area contributed by atoms with Crippen molar-refractivity contribution in [3.63, 3.8) is 0 Å². The van der Waals surface area contributed by atoms with Crippen LogP contribution in [0.4, 0.5) is 0 Å². The van der Waals surface area contributed by atoms with E-state index in [0.29, 0.717) is 5.75 Å². The molecule has 5 nitrogen and oxygen atoms in total. The summed E-state index contributed by atoms with van der Waals surface area (Å²) in [5.74, 6) is 1.24. The highest BCUT2D eigenvalue weighted by Gasteiger charge is 2.27. The molecule has 1 heterocycles. The smallest absolute Gasteiger partial charge is 0.244 e. The molecule has 25 heavy (non-hydrogen) atoms. The first-order valence-electron chi connectivity index (χ1n) is 9.46. The Morgan fingerprint density at radius 3 is 2.44 bits per heavy atom. The maximum atomic E-state index is 12.7. The molecule has 3 rings (SSSR count). The van der Waals surface area contributed by atoms with Crippen LogP contribution < -0.4 is 9.46 Å². The van der Waals surface area contributed by atoms with Gasteiger partial charge >= 0.3 is 0 Å². The van der Waals surface area contributed by atoms with Crippen LogP contribution in [0, 0.1) is 5.92 Å². The minimum absolute atomic E-state index is 0.0116. The van der Waals surface area contributed by atoms with Gasteiger partial charge in [0.25, 0.3) is 0 Å². The third-order valence-corrected chi connectivity index (χ3v) is 7.07. The Morgan fingerprint density at radius 2 is 1.76 bits per heavy atom. The Kier molecular flexibility index (Phi) is 6.36.